The van der Waals surface area contributed by atoms with E-state index < -0.39 is 5.43 Å². The lowest BCUT2D eigenvalue weighted by molar-refractivity contribution is 0.383. The monoisotopic (exact) mass is 372 g/mol. The third kappa shape index (κ3) is 2.71. The second kappa shape index (κ2) is 6.75. The molecule has 0 fully saturated rings. The molecule has 142 valence electrons. The van der Waals surface area contributed by atoms with E-state index in [0.29, 0.717) is 33.8 Å². The lowest BCUT2D eigenvalue weighted by Crippen LogP contribution is -2.11. The number of rotatable bonds is 4. The first-order chi connectivity index (χ1) is 12.8. The van der Waals surface area contributed by atoms with Crippen molar-refractivity contribution in [3.8, 4) is 40.1 Å². The fourth-order valence-corrected chi connectivity index (χ4v) is 3.27. The minimum Gasteiger partial charge on any atom is -0.504 e. The predicted molar refractivity (Wildman–Crippen MR) is 100 cm³/mol. The molecule has 27 heavy (non-hydrogen) atoms. The zero-order chi connectivity index (χ0) is 19.9. The van der Waals surface area contributed by atoms with Crippen LogP contribution in [0.3, 0.4) is 0 Å². The van der Waals surface area contributed by atoms with Gasteiger partial charge in [0.15, 0.2) is 17.3 Å². The van der Waals surface area contributed by atoms with Gasteiger partial charge in [-0.05, 0) is 32.0 Å². The van der Waals surface area contributed by atoms with Gasteiger partial charge >= 0.3 is 0 Å². The van der Waals surface area contributed by atoms with Gasteiger partial charge in [-0.2, -0.15) is 0 Å². The molecule has 0 aliphatic rings. The number of methoxy groups -OCH3 is 3. The summed E-state index contributed by atoms with van der Waals surface area (Å²) in [6, 6.07) is 4.11. The molecular weight excluding hydrogens is 352 g/mol. The van der Waals surface area contributed by atoms with Crippen LogP contribution in [0.5, 0.6) is 28.7 Å². The van der Waals surface area contributed by atoms with E-state index in [-0.39, 0.29) is 28.4 Å². The Morgan fingerprint density at radius 2 is 1.48 bits per heavy atom. The smallest absolute Gasteiger partial charge is 0.239 e. The molecule has 0 atom stereocenters. The zero-order valence-corrected chi connectivity index (χ0v) is 15.7. The van der Waals surface area contributed by atoms with Crippen LogP contribution in [0, 0.1) is 13.8 Å². The van der Waals surface area contributed by atoms with Gasteiger partial charge in [-0.1, -0.05) is 0 Å². The Morgan fingerprint density at radius 1 is 0.852 bits per heavy atom. The third-order valence-corrected chi connectivity index (χ3v) is 4.51. The molecular formula is C20H20O7. The average Bonchev–Trinajstić information content (AvgIpc) is 2.65. The van der Waals surface area contributed by atoms with Crippen molar-refractivity contribution in [1.29, 1.82) is 0 Å². The SMILES string of the molecule is COc1c(C)c(OC)c2c(=O)c(OC)c(-c3ccc(O)c(O)c3)oc2c1C. The second-order valence-corrected chi connectivity index (χ2v) is 6.02. The van der Waals surface area contributed by atoms with E-state index in [2.05, 4.69) is 0 Å². The van der Waals surface area contributed by atoms with Crippen LogP contribution in [-0.4, -0.2) is 31.5 Å². The van der Waals surface area contributed by atoms with E-state index in [1.807, 2.05) is 0 Å². The van der Waals surface area contributed by atoms with Gasteiger partial charge in [-0.25, -0.2) is 0 Å². The first-order valence-electron chi connectivity index (χ1n) is 8.13. The number of fused-ring (bicyclic) bond motifs is 1. The minimum absolute atomic E-state index is 0.0325. The highest BCUT2D eigenvalue weighted by Gasteiger charge is 2.25. The van der Waals surface area contributed by atoms with Crippen molar-refractivity contribution in [3.63, 3.8) is 0 Å². The van der Waals surface area contributed by atoms with Gasteiger partial charge < -0.3 is 28.8 Å². The molecule has 0 radical (unpaired) electrons. The molecule has 3 aromatic rings. The van der Waals surface area contributed by atoms with Crippen LogP contribution >= 0.6 is 0 Å². The number of aryl methyl sites for hydroxylation is 1. The standard InChI is InChI=1S/C20H20O7/c1-9-16(24-3)10(2)18-14(17(9)25-4)15(23)20(26-5)19(27-18)11-6-7-12(21)13(22)8-11/h6-8,21-22H,1-5H3. The predicted octanol–water partition coefficient (Wildman–Crippen LogP) is 3.51. The summed E-state index contributed by atoms with van der Waals surface area (Å²) in [4.78, 5) is 13.2. The number of hydrogen-bond donors (Lipinski definition) is 2. The molecule has 1 aromatic heterocycles. The Balaban J connectivity index is 2.50. The molecule has 2 N–H and O–H groups in total. The van der Waals surface area contributed by atoms with E-state index in [1.165, 1.54) is 39.5 Å². The maximum absolute atomic E-state index is 13.2. The molecule has 0 bridgehead atoms. The molecule has 0 saturated heterocycles. The number of phenols is 2. The largest absolute Gasteiger partial charge is 0.504 e. The highest BCUT2D eigenvalue weighted by Crippen LogP contribution is 2.42. The Bertz CT molecular complexity index is 1100. The summed E-state index contributed by atoms with van der Waals surface area (Å²) in [6.07, 6.45) is 0. The number of ether oxygens (including phenoxy) is 3. The fraction of sp³-hybridized carbons (Fsp3) is 0.250. The van der Waals surface area contributed by atoms with Gasteiger partial charge in [0.05, 0.1) is 21.3 Å². The highest BCUT2D eigenvalue weighted by molar-refractivity contribution is 5.93. The van der Waals surface area contributed by atoms with Crippen LogP contribution in [0.4, 0.5) is 0 Å². The summed E-state index contributed by atoms with van der Waals surface area (Å²) < 4.78 is 22.3. The van der Waals surface area contributed by atoms with Gasteiger partial charge in [-0.15, -0.1) is 0 Å². The topological polar surface area (TPSA) is 98.4 Å². The van der Waals surface area contributed by atoms with E-state index in [4.69, 9.17) is 18.6 Å². The molecule has 0 saturated carbocycles. The number of aromatic hydroxyl groups is 2. The molecule has 0 aliphatic heterocycles. The first-order valence-corrected chi connectivity index (χ1v) is 8.13. The van der Waals surface area contributed by atoms with Gasteiger partial charge in [0.2, 0.25) is 11.2 Å². The number of phenolic OH excluding ortho intramolecular Hbond substituents is 2. The second-order valence-electron chi connectivity index (χ2n) is 6.02. The Labute approximate surface area is 155 Å². The van der Waals surface area contributed by atoms with Crippen molar-refractivity contribution >= 4 is 11.0 Å². The Morgan fingerprint density at radius 3 is 2.04 bits per heavy atom. The zero-order valence-electron chi connectivity index (χ0n) is 15.7. The van der Waals surface area contributed by atoms with Crippen LogP contribution in [0.1, 0.15) is 11.1 Å². The van der Waals surface area contributed by atoms with E-state index >= 15 is 0 Å². The van der Waals surface area contributed by atoms with E-state index in [1.54, 1.807) is 13.8 Å². The van der Waals surface area contributed by atoms with Crippen molar-refractivity contribution in [2.75, 3.05) is 21.3 Å². The van der Waals surface area contributed by atoms with Crippen molar-refractivity contribution in [1.82, 2.24) is 0 Å². The quantitative estimate of drug-likeness (QED) is 0.676. The van der Waals surface area contributed by atoms with Gasteiger partial charge in [0.1, 0.15) is 22.5 Å². The normalized spacial score (nSPS) is 10.9. The van der Waals surface area contributed by atoms with Crippen molar-refractivity contribution in [3.05, 3.63) is 39.5 Å². The summed E-state index contributed by atoms with van der Waals surface area (Å²) in [6.45, 7) is 3.57. The Kier molecular flexibility index (Phi) is 4.61. The highest BCUT2D eigenvalue weighted by atomic mass is 16.5. The lowest BCUT2D eigenvalue weighted by Gasteiger charge is -2.17. The van der Waals surface area contributed by atoms with Crippen LogP contribution in [0.2, 0.25) is 0 Å². The summed E-state index contributed by atoms with van der Waals surface area (Å²) in [5.74, 6) is 0.368. The molecule has 7 heteroatoms. The van der Waals surface area contributed by atoms with E-state index in [9.17, 15) is 15.0 Å². The molecule has 3 rings (SSSR count). The van der Waals surface area contributed by atoms with Gasteiger partial charge in [-0.3, -0.25) is 4.79 Å². The minimum atomic E-state index is -0.410. The van der Waals surface area contributed by atoms with Crippen molar-refractivity contribution < 1.29 is 28.8 Å². The first kappa shape index (κ1) is 18.4. The average molecular weight is 372 g/mol. The summed E-state index contributed by atoms with van der Waals surface area (Å²) in [5.41, 5.74) is 1.57. The van der Waals surface area contributed by atoms with Crippen LogP contribution in [0.15, 0.2) is 27.4 Å². The van der Waals surface area contributed by atoms with Crippen LogP contribution in [0.25, 0.3) is 22.3 Å². The molecule has 7 nitrogen and oxygen atoms in total. The van der Waals surface area contributed by atoms with Crippen LogP contribution in [-0.2, 0) is 0 Å². The number of benzene rings is 2. The van der Waals surface area contributed by atoms with E-state index in [0.717, 1.165) is 0 Å². The fourth-order valence-electron chi connectivity index (χ4n) is 3.27. The molecule has 0 aliphatic carbocycles. The van der Waals surface area contributed by atoms with Crippen molar-refractivity contribution in [2.24, 2.45) is 0 Å². The van der Waals surface area contributed by atoms with Crippen LogP contribution < -0.4 is 19.6 Å². The molecule has 0 amide bonds. The molecule has 0 spiro atoms. The summed E-state index contributed by atoms with van der Waals surface area (Å²) >= 11 is 0. The summed E-state index contributed by atoms with van der Waals surface area (Å²) in [5, 5.41) is 19.6. The Hall–Kier alpha value is -3.35. The lowest BCUT2D eigenvalue weighted by atomic mass is 10.0. The van der Waals surface area contributed by atoms with Gasteiger partial charge in [0.25, 0.3) is 0 Å². The molecule has 1 heterocycles. The molecule has 2 aromatic carbocycles. The molecule has 0 unspecified atom stereocenters. The third-order valence-electron chi connectivity index (χ3n) is 4.51. The van der Waals surface area contributed by atoms with Gasteiger partial charge in [0, 0.05) is 16.7 Å². The maximum atomic E-state index is 13.2. The maximum Gasteiger partial charge on any atom is 0.239 e. The summed E-state index contributed by atoms with van der Waals surface area (Å²) in [7, 11) is 4.35. The van der Waals surface area contributed by atoms with Crippen molar-refractivity contribution in [2.45, 2.75) is 13.8 Å². The number of hydrogen-bond acceptors (Lipinski definition) is 7.